The molecule has 1 aliphatic heterocycles. The van der Waals surface area contributed by atoms with Gasteiger partial charge in [0.05, 0.1) is 19.7 Å². The summed E-state index contributed by atoms with van der Waals surface area (Å²) >= 11 is 0. The number of nitriles is 1. The largest absolute Gasteiger partial charge is 0.497 e. The van der Waals surface area contributed by atoms with Crippen LogP contribution in [0.2, 0.25) is 0 Å². The molecule has 3 atom stereocenters. The molecule has 0 radical (unpaired) electrons. The minimum atomic E-state index is -0.595. The van der Waals surface area contributed by atoms with E-state index in [4.69, 9.17) is 9.47 Å². The predicted octanol–water partition coefficient (Wildman–Crippen LogP) is 2.02. The van der Waals surface area contributed by atoms with Gasteiger partial charge in [-0.05, 0) is 43.7 Å². The third-order valence-corrected chi connectivity index (χ3v) is 6.54. The number of hydrogen-bond acceptors (Lipinski definition) is 9. The number of nitrogens with zero attached hydrogens (tertiary/aromatic N) is 6. The van der Waals surface area contributed by atoms with E-state index in [1.54, 1.807) is 26.3 Å². The van der Waals surface area contributed by atoms with Crippen molar-refractivity contribution in [3.8, 4) is 11.8 Å². The molecule has 10 heteroatoms. The lowest BCUT2D eigenvalue weighted by Gasteiger charge is -2.47. The molecule has 0 aliphatic carbocycles. The lowest BCUT2D eigenvalue weighted by atomic mass is 9.99. The zero-order valence-electron chi connectivity index (χ0n) is 20.4. The second-order valence-electron chi connectivity index (χ2n) is 8.70. The Bertz CT molecular complexity index is 1350. The summed E-state index contributed by atoms with van der Waals surface area (Å²) in [6.45, 7) is 5.05. The van der Waals surface area contributed by atoms with E-state index in [-0.39, 0.29) is 23.7 Å². The molecule has 2 aromatic heterocycles. The SMILES string of the molecule is COC(=O)C(c1ccc(OC)cc1)N1C[C@H](C)N(c2nc(=O)n(C)c3ccc(C#N)nc23)C[C@H]1C. The highest BCUT2D eigenvalue weighted by atomic mass is 16.5. The highest BCUT2D eigenvalue weighted by Gasteiger charge is 2.39. The summed E-state index contributed by atoms with van der Waals surface area (Å²) in [6.07, 6.45) is 0. The zero-order valence-corrected chi connectivity index (χ0v) is 20.4. The Morgan fingerprint density at radius 2 is 1.80 bits per heavy atom. The van der Waals surface area contributed by atoms with E-state index in [1.165, 1.54) is 11.7 Å². The molecule has 0 amide bonds. The van der Waals surface area contributed by atoms with E-state index in [0.717, 1.165) is 5.56 Å². The number of aryl methyl sites for hydroxylation is 1. The van der Waals surface area contributed by atoms with Crippen molar-refractivity contribution in [2.45, 2.75) is 32.0 Å². The van der Waals surface area contributed by atoms with Crippen molar-refractivity contribution < 1.29 is 14.3 Å². The fourth-order valence-electron chi connectivity index (χ4n) is 4.64. The molecular weight excluding hydrogens is 448 g/mol. The Labute approximate surface area is 203 Å². The smallest absolute Gasteiger partial charge is 0.349 e. The number of esters is 1. The van der Waals surface area contributed by atoms with Gasteiger partial charge in [0, 0.05) is 32.2 Å². The third-order valence-electron chi connectivity index (χ3n) is 6.54. The summed E-state index contributed by atoms with van der Waals surface area (Å²) < 4.78 is 11.8. The summed E-state index contributed by atoms with van der Waals surface area (Å²) in [6, 6.07) is 12.0. The first-order valence-electron chi connectivity index (χ1n) is 11.3. The van der Waals surface area contributed by atoms with Gasteiger partial charge in [0.2, 0.25) is 0 Å². The molecular formula is C25H28N6O4. The first-order chi connectivity index (χ1) is 16.8. The van der Waals surface area contributed by atoms with E-state index < -0.39 is 11.7 Å². The lowest BCUT2D eigenvalue weighted by Crippen LogP contribution is -2.59. The number of carbonyl (C=O) groups is 1. The second kappa shape index (κ2) is 9.72. The normalized spacial score (nSPS) is 19.3. The fraction of sp³-hybridized carbons (Fsp3) is 0.400. The monoisotopic (exact) mass is 476 g/mol. The van der Waals surface area contributed by atoms with Crippen LogP contribution in [0.25, 0.3) is 11.0 Å². The Balaban J connectivity index is 1.72. The van der Waals surface area contributed by atoms with Crippen LogP contribution in [0, 0.1) is 11.3 Å². The molecule has 3 aromatic rings. The Morgan fingerprint density at radius 3 is 2.43 bits per heavy atom. The van der Waals surface area contributed by atoms with Crippen LogP contribution in [0.3, 0.4) is 0 Å². The maximum atomic E-state index is 12.9. The quantitative estimate of drug-likeness (QED) is 0.510. The molecule has 0 saturated carbocycles. The molecule has 10 nitrogen and oxygen atoms in total. The van der Waals surface area contributed by atoms with E-state index in [2.05, 4.69) is 20.9 Å². The van der Waals surface area contributed by atoms with Crippen LogP contribution in [0.15, 0.2) is 41.2 Å². The summed E-state index contributed by atoms with van der Waals surface area (Å²) in [5.41, 5.74) is 1.77. The number of rotatable bonds is 5. The van der Waals surface area contributed by atoms with E-state index in [9.17, 15) is 14.9 Å². The minimum absolute atomic E-state index is 0.0857. The van der Waals surface area contributed by atoms with Crippen LogP contribution in [0.5, 0.6) is 5.75 Å². The van der Waals surface area contributed by atoms with Crippen LogP contribution in [-0.4, -0.2) is 64.8 Å². The van der Waals surface area contributed by atoms with Gasteiger partial charge in [-0.25, -0.2) is 14.6 Å². The van der Waals surface area contributed by atoms with Gasteiger partial charge in [0.1, 0.15) is 29.1 Å². The molecule has 0 bridgehead atoms. The predicted molar refractivity (Wildman–Crippen MR) is 130 cm³/mol. The van der Waals surface area contributed by atoms with Crippen LogP contribution >= 0.6 is 0 Å². The molecule has 1 aliphatic rings. The fourth-order valence-corrected chi connectivity index (χ4v) is 4.64. The maximum Gasteiger partial charge on any atom is 0.349 e. The average molecular weight is 477 g/mol. The third kappa shape index (κ3) is 4.42. The number of carbonyl (C=O) groups excluding carboxylic acids is 1. The van der Waals surface area contributed by atoms with Gasteiger partial charge in [-0.3, -0.25) is 9.47 Å². The van der Waals surface area contributed by atoms with Gasteiger partial charge in [-0.1, -0.05) is 12.1 Å². The molecule has 3 heterocycles. The molecule has 0 spiro atoms. The number of methoxy groups -OCH3 is 2. The van der Waals surface area contributed by atoms with Crippen molar-refractivity contribution in [3.63, 3.8) is 0 Å². The highest BCUT2D eigenvalue weighted by molar-refractivity contribution is 5.86. The van der Waals surface area contributed by atoms with Gasteiger partial charge in [0.15, 0.2) is 5.82 Å². The number of piperazine rings is 1. The first kappa shape index (κ1) is 24.2. The van der Waals surface area contributed by atoms with Crippen molar-refractivity contribution >= 4 is 22.8 Å². The molecule has 182 valence electrons. The number of benzene rings is 1. The molecule has 1 saturated heterocycles. The zero-order chi connectivity index (χ0) is 25.3. The standard InChI is InChI=1S/C25H28N6O4/c1-15-14-31(23-21-20(29(3)25(33)28-23)11-8-18(12-26)27-21)16(2)13-30(15)22(24(32)35-5)17-6-9-19(34-4)10-7-17/h6-11,15-16,22H,13-14H2,1-5H3/t15-,16+,22?/m1/s1. The summed E-state index contributed by atoms with van der Waals surface area (Å²) in [4.78, 5) is 38.4. The van der Waals surface area contributed by atoms with Crippen LogP contribution in [0.1, 0.15) is 31.1 Å². The number of ether oxygens (including phenoxy) is 2. The van der Waals surface area contributed by atoms with Gasteiger partial charge in [-0.15, -0.1) is 0 Å². The van der Waals surface area contributed by atoms with E-state index >= 15 is 0 Å². The van der Waals surface area contributed by atoms with Gasteiger partial charge in [-0.2, -0.15) is 10.2 Å². The maximum absolute atomic E-state index is 12.9. The summed E-state index contributed by atoms with van der Waals surface area (Å²) in [5.74, 6) is 0.801. The van der Waals surface area contributed by atoms with Gasteiger partial charge >= 0.3 is 11.7 Å². The molecule has 1 unspecified atom stereocenters. The topological polar surface area (TPSA) is 114 Å². The molecule has 0 N–H and O–H groups in total. The van der Waals surface area contributed by atoms with Crippen molar-refractivity contribution in [2.24, 2.45) is 7.05 Å². The summed E-state index contributed by atoms with van der Waals surface area (Å²) in [7, 11) is 4.62. The van der Waals surface area contributed by atoms with Crippen molar-refractivity contribution in [1.29, 1.82) is 5.26 Å². The first-order valence-corrected chi connectivity index (χ1v) is 11.3. The molecule has 1 fully saturated rings. The van der Waals surface area contributed by atoms with Gasteiger partial charge in [0.25, 0.3) is 0 Å². The number of fused-ring (bicyclic) bond motifs is 1. The van der Waals surface area contributed by atoms with Crippen molar-refractivity contribution in [3.05, 3.63) is 58.1 Å². The minimum Gasteiger partial charge on any atom is -0.497 e. The van der Waals surface area contributed by atoms with Gasteiger partial charge < -0.3 is 14.4 Å². The van der Waals surface area contributed by atoms with Crippen LogP contribution in [-0.2, 0) is 16.6 Å². The van der Waals surface area contributed by atoms with E-state index in [0.29, 0.717) is 35.7 Å². The van der Waals surface area contributed by atoms with Crippen LogP contribution < -0.4 is 15.3 Å². The Morgan fingerprint density at radius 1 is 1.09 bits per heavy atom. The molecule has 4 rings (SSSR count). The van der Waals surface area contributed by atoms with Crippen molar-refractivity contribution in [1.82, 2.24) is 19.4 Å². The number of pyridine rings is 1. The summed E-state index contributed by atoms with van der Waals surface area (Å²) in [5, 5.41) is 9.36. The van der Waals surface area contributed by atoms with E-state index in [1.807, 2.05) is 43.0 Å². The number of anilines is 1. The second-order valence-corrected chi connectivity index (χ2v) is 8.70. The van der Waals surface area contributed by atoms with Crippen LogP contribution in [0.4, 0.5) is 5.82 Å². The molecule has 35 heavy (non-hydrogen) atoms. The Hall–Kier alpha value is -3.97. The number of hydrogen-bond donors (Lipinski definition) is 0. The Kier molecular flexibility index (Phi) is 6.71. The average Bonchev–Trinajstić information content (AvgIpc) is 2.88. The number of aromatic nitrogens is 3. The van der Waals surface area contributed by atoms with Crippen molar-refractivity contribution in [2.75, 3.05) is 32.2 Å². The highest BCUT2D eigenvalue weighted by Crippen LogP contribution is 2.32. The lowest BCUT2D eigenvalue weighted by molar-refractivity contribution is -0.148. The molecule has 1 aromatic carbocycles.